The molecule has 4 aliphatic rings. The lowest BCUT2D eigenvalue weighted by molar-refractivity contribution is 0.0506. The zero-order valence-corrected chi connectivity index (χ0v) is 13.0. The van der Waals surface area contributed by atoms with E-state index in [0.29, 0.717) is 5.92 Å². The molecule has 1 aromatic carbocycles. The van der Waals surface area contributed by atoms with Gasteiger partial charge in [-0.3, -0.25) is 0 Å². The number of para-hydroxylation sites is 1. The predicted molar refractivity (Wildman–Crippen MR) is 88.5 cm³/mol. The predicted octanol–water partition coefficient (Wildman–Crippen LogP) is 2.94. The molecule has 2 heterocycles. The Bertz CT molecular complexity index is 766. The van der Waals surface area contributed by atoms with E-state index in [1.807, 2.05) is 0 Å². The third-order valence-corrected chi connectivity index (χ3v) is 6.02. The molecule has 3 aliphatic carbocycles. The van der Waals surface area contributed by atoms with Crippen molar-refractivity contribution in [2.45, 2.75) is 37.8 Å². The summed E-state index contributed by atoms with van der Waals surface area (Å²) in [5.74, 6) is 2.55. The second-order valence-corrected chi connectivity index (χ2v) is 7.20. The third kappa shape index (κ3) is 1.64. The summed E-state index contributed by atoms with van der Waals surface area (Å²) in [5, 5.41) is 1.27. The van der Waals surface area contributed by atoms with Crippen molar-refractivity contribution in [1.29, 1.82) is 0 Å². The topological polar surface area (TPSA) is 41.4 Å². The number of nitrogens with one attached hydrogen (secondary N) is 2. The zero-order valence-electron chi connectivity index (χ0n) is 13.0. The first-order valence-corrected chi connectivity index (χ1v) is 8.43. The number of hydrogen-bond donors (Lipinski definition) is 2. The van der Waals surface area contributed by atoms with E-state index < -0.39 is 0 Å². The molecule has 2 N–H and O–H groups in total. The van der Waals surface area contributed by atoms with Gasteiger partial charge < -0.3 is 9.99 Å². The Labute approximate surface area is 130 Å². The van der Waals surface area contributed by atoms with Crippen molar-refractivity contribution in [2.24, 2.45) is 23.9 Å². The van der Waals surface area contributed by atoms with Crippen molar-refractivity contribution in [3.8, 4) is 0 Å². The van der Waals surface area contributed by atoms with E-state index in [-0.39, 0.29) is 5.66 Å². The number of amidine groups is 1. The molecule has 0 saturated heterocycles. The van der Waals surface area contributed by atoms with E-state index in [0.717, 1.165) is 11.8 Å². The van der Waals surface area contributed by atoms with E-state index in [2.05, 4.69) is 52.8 Å². The van der Waals surface area contributed by atoms with Crippen LogP contribution in [0.1, 0.15) is 37.8 Å². The van der Waals surface area contributed by atoms with E-state index in [1.54, 1.807) is 0 Å². The van der Waals surface area contributed by atoms with E-state index in [1.165, 1.54) is 48.7 Å². The Morgan fingerprint density at radius 3 is 2.73 bits per heavy atom. The van der Waals surface area contributed by atoms with Gasteiger partial charge in [-0.25, -0.2) is 10.4 Å². The number of hydrazine groups is 1. The Morgan fingerprint density at radius 1 is 1.18 bits per heavy atom. The average Bonchev–Trinajstić information content (AvgIpc) is 3.11. The van der Waals surface area contributed by atoms with Gasteiger partial charge in [-0.1, -0.05) is 18.2 Å². The number of aliphatic imine (C=N–C) groups is 1. The molecule has 114 valence electrons. The first-order chi connectivity index (χ1) is 10.8. The van der Waals surface area contributed by atoms with Crippen LogP contribution in [0.4, 0.5) is 0 Å². The molecule has 1 spiro atoms. The molecule has 3 saturated carbocycles. The normalized spacial score (nSPS) is 33.4. The lowest BCUT2D eigenvalue weighted by Crippen LogP contribution is -2.56. The molecule has 0 unspecified atom stereocenters. The SMILES string of the molecule is Cn1c(C2=N[C@@]3(CC4CCC3CC4)NN2)cc2ccccc21. The molecular weight excluding hydrogens is 272 g/mol. The van der Waals surface area contributed by atoms with Crippen LogP contribution in [0.15, 0.2) is 35.3 Å². The van der Waals surface area contributed by atoms with Crippen LogP contribution in [-0.4, -0.2) is 16.1 Å². The van der Waals surface area contributed by atoms with Gasteiger partial charge in [0.15, 0.2) is 5.84 Å². The van der Waals surface area contributed by atoms with Crippen LogP contribution in [-0.2, 0) is 7.05 Å². The lowest BCUT2D eigenvalue weighted by atomic mass is 9.65. The number of aryl methyl sites for hydroxylation is 1. The Hall–Kier alpha value is -1.81. The van der Waals surface area contributed by atoms with Gasteiger partial charge in [0.05, 0.1) is 5.69 Å². The molecule has 2 bridgehead atoms. The minimum absolute atomic E-state index is 0.0487. The van der Waals surface area contributed by atoms with Crippen LogP contribution in [0, 0.1) is 11.8 Å². The molecule has 2 aromatic rings. The van der Waals surface area contributed by atoms with Crippen molar-refractivity contribution in [3.63, 3.8) is 0 Å². The second-order valence-electron chi connectivity index (χ2n) is 7.20. The summed E-state index contributed by atoms with van der Waals surface area (Å²) >= 11 is 0. The number of hydrogen-bond acceptors (Lipinski definition) is 3. The molecule has 0 amide bonds. The molecular formula is C18H22N4. The fourth-order valence-electron chi connectivity index (χ4n) is 4.80. The summed E-state index contributed by atoms with van der Waals surface area (Å²) in [6.07, 6.45) is 6.63. The van der Waals surface area contributed by atoms with Crippen molar-refractivity contribution >= 4 is 16.7 Å². The number of nitrogens with zero attached hydrogens (tertiary/aromatic N) is 2. The quantitative estimate of drug-likeness (QED) is 0.849. The summed E-state index contributed by atoms with van der Waals surface area (Å²) in [7, 11) is 2.12. The van der Waals surface area contributed by atoms with Crippen molar-refractivity contribution < 1.29 is 0 Å². The molecule has 0 radical (unpaired) electrons. The smallest absolute Gasteiger partial charge is 0.161 e. The van der Waals surface area contributed by atoms with Crippen LogP contribution in [0.25, 0.3) is 10.9 Å². The first kappa shape index (κ1) is 12.7. The van der Waals surface area contributed by atoms with Gasteiger partial charge in [0.1, 0.15) is 5.66 Å². The summed E-state index contributed by atoms with van der Waals surface area (Å²) in [4.78, 5) is 5.16. The second kappa shape index (κ2) is 4.35. The van der Waals surface area contributed by atoms with Gasteiger partial charge in [0, 0.05) is 18.0 Å². The third-order valence-electron chi connectivity index (χ3n) is 6.02. The molecule has 22 heavy (non-hydrogen) atoms. The van der Waals surface area contributed by atoms with Gasteiger partial charge in [-0.15, -0.1) is 0 Å². The molecule has 1 aliphatic heterocycles. The first-order valence-electron chi connectivity index (χ1n) is 8.43. The number of rotatable bonds is 1. The Balaban J connectivity index is 1.58. The van der Waals surface area contributed by atoms with E-state index >= 15 is 0 Å². The highest BCUT2D eigenvalue weighted by atomic mass is 15.5. The molecule has 6 rings (SSSR count). The Morgan fingerprint density at radius 2 is 2.00 bits per heavy atom. The van der Waals surface area contributed by atoms with Crippen LogP contribution >= 0.6 is 0 Å². The average molecular weight is 294 g/mol. The summed E-state index contributed by atoms with van der Waals surface area (Å²) in [6, 6.07) is 10.8. The van der Waals surface area contributed by atoms with Crippen molar-refractivity contribution in [3.05, 3.63) is 36.0 Å². The van der Waals surface area contributed by atoms with Crippen molar-refractivity contribution in [2.75, 3.05) is 0 Å². The van der Waals surface area contributed by atoms with Gasteiger partial charge in [-0.05, 0) is 56.1 Å². The minimum Gasteiger partial charge on any atom is -0.341 e. The van der Waals surface area contributed by atoms with Crippen LogP contribution in [0.2, 0.25) is 0 Å². The maximum absolute atomic E-state index is 5.16. The maximum atomic E-state index is 5.16. The lowest BCUT2D eigenvalue weighted by Gasteiger charge is -2.47. The highest BCUT2D eigenvalue weighted by Crippen LogP contribution is 2.48. The van der Waals surface area contributed by atoms with E-state index in [4.69, 9.17) is 4.99 Å². The summed E-state index contributed by atoms with van der Waals surface area (Å²) in [5.41, 5.74) is 9.34. The van der Waals surface area contributed by atoms with Gasteiger partial charge >= 0.3 is 0 Å². The van der Waals surface area contributed by atoms with Gasteiger partial charge in [0.25, 0.3) is 0 Å². The van der Waals surface area contributed by atoms with Gasteiger partial charge in [-0.2, -0.15) is 0 Å². The Kier molecular flexibility index (Phi) is 2.51. The molecule has 4 nitrogen and oxygen atoms in total. The summed E-state index contributed by atoms with van der Waals surface area (Å²) in [6.45, 7) is 0. The van der Waals surface area contributed by atoms with Crippen LogP contribution in [0.5, 0.6) is 0 Å². The highest BCUT2D eigenvalue weighted by molar-refractivity contribution is 6.02. The largest absolute Gasteiger partial charge is 0.341 e. The van der Waals surface area contributed by atoms with E-state index in [9.17, 15) is 0 Å². The highest BCUT2D eigenvalue weighted by Gasteiger charge is 2.50. The summed E-state index contributed by atoms with van der Waals surface area (Å²) < 4.78 is 2.24. The van der Waals surface area contributed by atoms with Crippen LogP contribution < -0.4 is 10.9 Å². The molecule has 3 fully saturated rings. The molecule has 4 heteroatoms. The fraction of sp³-hybridized carbons (Fsp3) is 0.500. The standard InChI is InChI=1S/C18H22N4/c1-22-15-5-3-2-4-13(15)10-16(22)17-19-18(21-20-17)11-12-6-8-14(18)9-7-12/h2-5,10,12,14,21H,6-9,11H2,1H3,(H,19,20)/t12?,14?,18-/m0/s1. The maximum Gasteiger partial charge on any atom is 0.161 e. The number of benzene rings is 1. The minimum atomic E-state index is -0.0487. The van der Waals surface area contributed by atoms with Crippen molar-refractivity contribution in [1.82, 2.24) is 15.4 Å². The number of aromatic nitrogens is 1. The molecule has 1 atom stereocenters. The monoisotopic (exact) mass is 294 g/mol. The van der Waals surface area contributed by atoms with Gasteiger partial charge in [0.2, 0.25) is 0 Å². The molecule has 1 aromatic heterocycles. The number of fused-ring (bicyclic) bond motifs is 3. The fourth-order valence-corrected chi connectivity index (χ4v) is 4.80. The van der Waals surface area contributed by atoms with Crippen LogP contribution in [0.3, 0.4) is 0 Å². The zero-order chi connectivity index (χ0) is 14.7.